The van der Waals surface area contributed by atoms with Crippen LogP contribution >= 0.6 is 12.4 Å². The van der Waals surface area contributed by atoms with E-state index in [9.17, 15) is 4.79 Å². The van der Waals surface area contributed by atoms with Crippen molar-refractivity contribution in [3.05, 3.63) is 34.9 Å². The van der Waals surface area contributed by atoms with Crippen molar-refractivity contribution >= 4 is 18.3 Å². The number of rotatable bonds is 2. The van der Waals surface area contributed by atoms with E-state index in [0.29, 0.717) is 0 Å². The van der Waals surface area contributed by atoms with Gasteiger partial charge in [-0.05, 0) is 79.5 Å². The number of carbonyl (C=O) groups excluding carboxylic acids is 1. The van der Waals surface area contributed by atoms with E-state index >= 15 is 0 Å². The van der Waals surface area contributed by atoms with Crippen LogP contribution in [0.25, 0.3) is 0 Å². The number of halogens is 1. The second kappa shape index (κ2) is 5.49. The number of hydrogen-bond acceptors (Lipinski definition) is 2. The lowest BCUT2D eigenvalue weighted by Crippen LogP contribution is -2.59. The first-order chi connectivity index (χ1) is 10.7. The van der Waals surface area contributed by atoms with Crippen LogP contribution in [0.5, 0.6) is 0 Å². The van der Waals surface area contributed by atoms with Crippen molar-refractivity contribution in [2.24, 2.45) is 17.8 Å². The lowest BCUT2D eigenvalue weighted by molar-refractivity contribution is -0.0167. The Morgan fingerprint density at radius 1 is 1.00 bits per heavy atom. The molecule has 2 N–H and O–H groups in total. The van der Waals surface area contributed by atoms with Crippen molar-refractivity contribution in [1.29, 1.82) is 0 Å². The summed E-state index contributed by atoms with van der Waals surface area (Å²) in [6.45, 7) is 1.83. The van der Waals surface area contributed by atoms with Crippen LogP contribution in [-0.2, 0) is 13.1 Å². The summed E-state index contributed by atoms with van der Waals surface area (Å²) in [5.74, 6) is 2.76. The highest BCUT2D eigenvalue weighted by Crippen LogP contribution is 2.55. The summed E-state index contributed by atoms with van der Waals surface area (Å²) in [7, 11) is 0. The Labute approximate surface area is 144 Å². The van der Waals surface area contributed by atoms with Crippen LogP contribution in [0.3, 0.4) is 0 Å². The summed E-state index contributed by atoms with van der Waals surface area (Å²) in [6.07, 6.45) is 7.91. The average Bonchev–Trinajstić information content (AvgIpc) is 2.92. The van der Waals surface area contributed by atoms with Gasteiger partial charge in [0.2, 0.25) is 0 Å². The molecule has 124 valence electrons. The molecule has 23 heavy (non-hydrogen) atoms. The Balaban J connectivity index is 0.00000135. The van der Waals surface area contributed by atoms with Gasteiger partial charge in [-0.25, -0.2) is 0 Å². The van der Waals surface area contributed by atoms with E-state index in [-0.39, 0.29) is 23.9 Å². The quantitative estimate of drug-likeness (QED) is 0.871. The van der Waals surface area contributed by atoms with Gasteiger partial charge in [-0.2, -0.15) is 0 Å². The number of fused-ring (bicyclic) bond motifs is 1. The van der Waals surface area contributed by atoms with Gasteiger partial charge in [0.05, 0.1) is 0 Å². The van der Waals surface area contributed by atoms with Crippen molar-refractivity contribution in [2.75, 3.05) is 0 Å². The Morgan fingerprint density at radius 3 is 2.26 bits per heavy atom. The molecule has 4 fully saturated rings. The molecule has 3 nitrogen and oxygen atoms in total. The van der Waals surface area contributed by atoms with E-state index in [1.165, 1.54) is 49.7 Å². The van der Waals surface area contributed by atoms with Gasteiger partial charge in [0.15, 0.2) is 0 Å². The van der Waals surface area contributed by atoms with Crippen molar-refractivity contribution in [3.8, 4) is 0 Å². The van der Waals surface area contributed by atoms with E-state index < -0.39 is 0 Å². The Bertz CT molecular complexity index is 607. The molecule has 1 heterocycles. The standard InChI is InChI=1S/C19H24N2O.ClH/c22-18(15-1-2-16-10-20-11-17(16)6-15)21-19-7-12-3-13(8-19)5-14(4-12)9-19;/h1-2,6,12-14,20H,3-5,7-11H2,(H,21,22);1H. The number of carbonyl (C=O) groups is 1. The molecule has 0 spiro atoms. The molecule has 0 saturated heterocycles. The van der Waals surface area contributed by atoms with E-state index in [4.69, 9.17) is 0 Å². The minimum atomic E-state index is 0. The molecule has 4 aliphatic carbocycles. The first kappa shape index (κ1) is 15.5. The highest BCUT2D eigenvalue weighted by molar-refractivity contribution is 5.95. The average molecular weight is 333 g/mol. The van der Waals surface area contributed by atoms with Gasteiger partial charge in [-0.3, -0.25) is 4.79 Å². The van der Waals surface area contributed by atoms with Crippen LogP contribution in [0.15, 0.2) is 18.2 Å². The maximum Gasteiger partial charge on any atom is 0.251 e. The largest absolute Gasteiger partial charge is 0.347 e. The molecule has 1 aromatic carbocycles. The molecule has 0 atom stereocenters. The smallest absolute Gasteiger partial charge is 0.251 e. The van der Waals surface area contributed by atoms with Gasteiger partial charge in [0.25, 0.3) is 5.91 Å². The van der Waals surface area contributed by atoms with Crippen molar-refractivity contribution in [2.45, 2.75) is 57.2 Å². The van der Waals surface area contributed by atoms with Crippen LogP contribution < -0.4 is 10.6 Å². The molecule has 4 heteroatoms. The Morgan fingerprint density at radius 2 is 1.61 bits per heavy atom. The molecule has 5 aliphatic rings. The topological polar surface area (TPSA) is 41.1 Å². The molecule has 1 aliphatic heterocycles. The third kappa shape index (κ3) is 2.58. The van der Waals surface area contributed by atoms with Crippen LogP contribution in [0, 0.1) is 17.8 Å². The predicted molar refractivity (Wildman–Crippen MR) is 92.6 cm³/mol. The minimum Gasteiger partial charge on any atom is -0.347 e. The van der Waals surface area contributed by atoms with E-state index in [0.717, 1.165) is 36.4 Å². The normalized spacial score (nSPS) is 36.4. The van der Waals surface area contributed by atoms with Crippen molar-refractivity contribution < 1.29 is 4.79 Å². The summed E-state index contributed by atoms with van der Waals surface area (Å²) in [4.78, 5) is 12.8. The molecule has 4 saturated carbocycles. The first-order valence-corrected chi connectivity index (χ1v) is 8.84. The van der Waals surface area contributed by atoms with Gasteiger partial charge >= 0.3 is 0 Å². The van der Waals surface area contributed by atoms with E-state index in [2.05, 4.69) is 22.8 Å². The zero-order chi connectivity index (χ0) is 14.7. The molecule has 1 aromatic rings. The number of amides is 1. The summed E-state index contributed by atoms with van der Waals surface area (Å²) < 4.78 is 0. The fourth-order valence-electron chi connectivity index (χ4n) is 6.01. The van der Waals surface area contributed by atoms with E-state index in [1.807, 2.05) is 6.07 Å². The second-order valence-electron chi connectivity index (χ2n) is 8.24. The van der Waals surface area contributed by atoms with Crippen LogP contribution in [0.2, 0.25) is 0 Å². The summed E-state index contributed by atoms with van der Waals surface area (Å²) in [5, 5.41) is 6.82. The maximum absolute atomic E-state index is 12.8. The number of benzene rings is 1. The maximum atomic E-state index is 12.8. The van der Waals surface area contributed by atoms with Crippen LogP contribution in [-0.4, -0.2) is 11.4 Å². The summed E-state index contributed by atoms with van der Waals surface area (Å²) >= 11 is 0. The predicted octanol–water partition coefficient (Wildman–Crippen LogP) is 3.41. The molecule has 6 rings (SSSR count). The summed E-state index contributed by atoms with van der Waals surface area (Å²) in [5.41, 5.74) is 3.59. The Kier molecular flexibility index (Phi) is 3.69. The molecule has 4 bridgehead atoms. The van der Waals surface area contributed by atoms with Gasteiger partial charge in [-0.1, -0.05) is 6.07 Å². The van der Waals surface area contributed by atoms with Gasteiger partial charge in [0.1, 0.15) is 0 Å². The molecular weight excluding hydrogens is 308 g/mol. The lowest BCUT2D eigenvalue weighted by Gasteiger charge is -2.56. The molecule has 1 amide bonds. The highest BCUT2D eigenvalue weighted by atomic mass is 35.5. The molecular formula is C19H25ClN2O. The molecule has 0 aromatic heterocycles. The highest BCUT2D eigenvalue weighted by Gasteiger charge is 2.51. The number of hydrogen-bond donors (Lipinski definition) is 2. The summed E-state index contributed by atoms with van der Waals surface area (Å²) in [6, 6.07) is 6.21. The van der Waals surface area contributed by atoms with Crippen molar-refractivity contribution in [3.63, 3.8) is 0 Å². The van der Waals surface area contributed by atoms with Crippen molar-refractivity contribution in [1.82, 2.24) is 10.6 Å². The lowest BCUT2D eigenvalue weighted by atomic mass is 9.53. The third-order valence-corrected chi connectivity index (χ3v) is 6.52. The molecule has 0 unspecified atom stereocenters. The molecule has 0 radical (unpaired) electrons. The number of nitrogens with one attached hydrogen (secondary N) is 2. The van der Waals surface area contributed by atoms with Gasteiger partial charge < -0.3 is 10.6 Å². The SMILES string of the molecule is Cl.O=C(NC12CC3CC(CC(C3)C1)C2)c1ccc2c(c1)CNC2. The first-order valence-electron chi connectivity index (χ1n) is 8.84. The van der Waals surface area contributed by atoms with Gasteiger partial charge in [0, 0.05) is 24.2 Å². The van der Waals surface area contributed by atoms with Crippen LogP contribution in [0.4, 0.5) is 0 Å². The monoisotopic (exact) mass is 332 g/mol. The minimum absolute atomic E-state index is 0. The van der Waals surface area contributed by atoms with Gasteiger partial charge in [-0.15, -0.1) is 12.4 Å². The fourth-order valence-corrected chi connectivity index (χ4v) is 6.01. The van der Waals surface area contributed by atoms with Crippen LogP contribution in [0.1, 0.15) is 60.0 Å². The van der Waals surface area contributed by atoms with E-state index in [1.54, 1.807) is 0 Å². The zero-order valence-corrected chi connectivity index (χ0v) is 14.3. The fraction of sp³-hybridized carbons (Fsp3) is 0.632. The second-order valence-corrected chi connectivity index (χ2v) is 8.24. The third-order valence-electron chi connectivity index (χ3n) is 6.52. The zero-order valence-electron chi connectivity index (χ0n) is 13.4. The Hall–Kier alpha value is -1.06.